The molecule has 0 unspecified atom stereocenters. The van der Waals surface area contributed by atoms with Crippen LogP contribution in [0.15, 0.2) is 71.3 Å². The zero-order valence-electron chi connectivity index (χ0n) is 16.8. The highest BCUT2D eigenvalue weighted by molar-refractivity contribution is 6.03. The van der Waals surface area contributed by atoms with Gasteiger partial charge in [-0.15, -0.1) is 0 Å². The fourth-order valence-electron chi connectivity index (χ4n) is 3.11. The third kappa shape index (κ3) is 5.10. The molecule has 1 aliphatic heterocycles. The Morgan fingerprint density at radius 1 is 1.10 bits per heavy atom. The molecule has 150 valence electrons. The molecule has 1 atom stereocenters. The van der Waals surface area contributed by atoms with Crippen LogP contribution in [0.5, 0.6) is 5.75 Å². The quantitative estimate of drug-likeness (QED) is 0.553. The lowest BCUT2D eigenvalue weighted by molar-refractivity contribution is -0.149. The molecule has 6 heteroatoms. The third-order valence-electron chi connectivity index (χ3n) is 4.52. The molecule has 2 aromatic rings. The first-order chi connectivity index (χ1) is 14.0. The van der Waals surface area contributed by atoms with E-state index in [0.29, 0.717) is 6.42 Å². The van der Waals surface area contributed by atoms with Crippen molar-refractivity contribution in [2.24, 2.45) is 5.10 Å². The first-order valence-electron chi connectivity index (χ1n) is 9.38. The number of carbonyl (C=O) groups is 2. The second-order valence-electron chi connectivity index (χ2n) is 6.97. The van der Waals surface area contributed by atoms with Crippen LogP contribution in [0.1, 0.15) is 37.4 Å². The van der Waals surface area contributed by atoms with Gasteiger partial charge >= 0.3 is 5.97 Å². The fraction of sp³-hybridized carbons (Fsp3) is 0.261. The summed E-state index contributed by atoms with van der Waals surface area (Å²) in [7, 11) is 1.61. The van der Waals surface area contributed by atoms with Crippen LogP contribution in [0.3, 0.4) is 0 Å². The molecule has 0 saturated heterocycles. The van der Waals surface area contributed by atoms with Crippen molar-refractivity contribution in [3.63, 3.8) is 0 Å². The van der Waals surface area contributed by atoms with Crippen molar-refractivity contribution in [2.45, 2.75) is 26.3 Å². The lowest BCUT2D eigenvalue weighted by atomic mass is 9.98. The van der Waals surface area contributed by atoms with Crippen molar-refractivity contribution in [1.82, 2.24) is 5.01 Å². The molecule has 3 rings (SSSR count). The van der Waals surface area contributed by atoms with Crippen molar-refractivity contribution in [3.8, 4) is 5.75 Å². The molecule has 0 aliphatic carbocycles. The number of hydrogen-bond donors (Lipinski definition) is 0. The molecule has 1 aliphatic rings. The first-order valence-corrected chi connectivity index (χ1v) is 9.38. The maximum atomic E-state index is 12.8. The average molecular weight is 392 g/mol. The Hall–Kier alpha value is -3.41. The van der Waals surface area contributed by atoms with Gasteiger partial charge in [-0.05, 0) is 37.1 Å². The largest absolute Gasteiger partial charge is 0.497 e. The Balaban J connectivity index is 1.83. The molecular weight excluding hydrogens is 368 g/mol. The lowest BCUT2D eigenvalue weighted by Gasteiger charge is -2.22. The average Bonchev–Trinajstić information content (AvgIpc) is 3.18. The fourth-order valence-corrected chi connectivity index (χ4v) is 3.11. The van der Waals surface area contributed by atoms with E-state index < -0.39 is 5.97 Å². The summed E-state index contributed by atoms with van der Waals surface area (Å²) in [6, 6.07) is 17.0. The van der Waals surface area contributed by atoms with Crippen molar-refractivity contribution in [3.05, 3.63) is 77.4 Å². The summed E-state index contributed by atoms with van der Waals surface area (Å²) < 4.78 is 10.3. The van der Waals surface area contributed by atoms with Crippen LogP contribution in [-0.2, 0) is 14.3 Å². The molecule has 0 radical (unpaired) electrons. The Kier molecular flexibility index (Phi) is 6.44. The number of allylic oxidation sites excluding steroid dienone is 1. The van der Waals surface area contributed by atoms with Gasteiger partial charge in [0, 0.05) is 12.5 Å². The van der Waals surface area contributed by atoms with Gasteiger partial charge in [0.1, 0.15) is 5.75 Å². The minimum atomic E-state index is -0.536. The minimum absolute atomic E-state index is 0.272. The van der Waals surface area contributed by atoms with Crippen LogP contribution >= 0.6 is 0 Å². The summed E-state index contributed by atoms with van der Waals surface area (Å²) in [4.78, 5) is 24.6. The number of hydrazone groups is 1. The van der Waals surface area contributed by atoms with Gasteiger partial charge in [-0.2, -0.15) is 5.10 Å². The van der Waals surface area contributed by atoms with Gasteiger partial charge in [-0.25, -0.2) is 9.80 Å². The molecule has 0 saturated carbocycles. The Bertz CT molecular complexity index is 929. The number of amides is 1. The number of hydrogen-bond acceptors (Lipinski definition) is 5. The maximum absolute atomic E-state index is 12.8. The molecule has 0 bridgehead atoms. The predicted octanol–water partition coefficient (Wildman–Crippen LogP) is 3.88. The van der Waals surface area contributed by atoms with Gasteiger partial charge in [-0.3, -0.25) is 4.79 Å². The topological polar surface area (TPSA) is 68.2 Å². The Morgan fingerprint density at radius 3 is 2.41 bits per heavy atom. The minimum Gasteiger partial charge on any atom is -0.497 e. The van der Waals surface area contributed by atoms with E-state index in [0.717, 1.165) is 28.2 Å². The van der Waals surface area contributed by atoms with Crippen LogP contribution < -0.4 is 4.74 Å². The van der Waals surface area contributed by atoms with Gasteiger partial charge in [-0.1, -0.05) is 48.0 Å². The molecule has 0 fully saturated rings. The van der Waals surface area contributed by atoms with Crippen molar-refractivity contribution in [1.29, 1.82) is 0 Å². The van der Waals surface area contributed by atoms with E-state index in [-0.39, 0.29) is 18.6 Å². The van der Waals surface area contributed by atoms with E-state index in [1.165, 1.54) is 11.1 Å². The number of benzene rings is 2. The third-order valence-corrected chi connectivity index (χ3v) is 4.52. The smallest absolute Gasteiger partial charge is 0.331 e. The van der Waals surface area contributed by atoms with Crippen LogP contribution in [0, 0.1) is 0 Å². The number of ether oxygens (including phenoxy) is 2. The van der Waals surface area contributed by atoms with Crippen molar-refractivity contribution < 1.29 is 19.1 Å². The number of carbonyl (C=O) groups excluding carboxylic acids is 2. The van der Waals surface area contributed by atoms with E-state index in [9.17, 15) is 9.59 Å². The van der Waals surface area contributed by atoms with E-state index in [2.05, 4.69) is 5.10 Å². The predicted molar refractivity (Wildman–Crippen MR) is 111 cm³/mol. The van der Waals surface area contributed by atoms with Crippen LogP contribution in [0.25, 0.3) is 0 Å². The standard InChI is InChI=1S/C23H24N2O4/c1-16(2)13-23(27)29-15-22(26)25-21(18-9-11-19(28-3)12-10-18)14-20(24-25)17-7-5-4-6-8-17/h4-13,21H,14-15H2,1-3H3/t21-/m0/s1. The Labute approximate surface area is 170 Å². The van der Waals surface area contributed by atoms with Crippen LogP contribution in [0.4, 0.5) is 0 Å². The summed E-state index contributed by atoms with van der Waals surface area (Å²) in [6.45, 7) is 3.22. The highest BCUT2D eigenvalue weighted by atomic mass is 16.5. The van der Waals surface area contributed by atoms with Gasteiger partial charge < -0.3 is 9.47 Å². The van der Waals surface area contributed by atoms with Crippen LogP contribution in [0.2, 0.25) is 0 Å². The van der Waals surface area contributed by atoms with Gasteiger partial charge in [0.25, 0.3) is 5.91 Å². The molecule has 6 nitrogen and oxygen atoms in total. The number of esters is 1. The second kappa shape index (κ2) is 9.19. The lowest BCUT2D eigenvalue weighted by Crippen LogP contribution is -2.31. The van der Waals surface area contributed by atoms with E-state index in [4.69, 9.17) is 9.47 Å². The van der Waals surface area contributed by atoms with Crippen LogP contribution in [-0.4, -0.2) is 36.3 Å². The molecular formula is C23H24N2O4. The molecule has 0 aromatic heterocycles. The molecule has 1 amide bonds. The molecule has 1 heterocycles. The van der Waals surface area contributed by atoms with E-state index >= 15 is 0 Å². The summed E-state index contributed by atoms with van der Waals surface area (Å²) in [5.41, 5.74) is 3.52. The zero-order valence-corrected chi connectivity index (χ0v) is 16.8. The van der Waals surface area contributed by atoms with E-state index in [1.807, 2.05) is 54.6 Å². The summed E-state index contributed by atoms with van der Waals surface area (Å²) in [5.74, 6) is -0.164. The zero-order chi connectivity index (χ0) is 20.8. The number of methoxy groups -OCH3 is 1. The normalized spacial score (nSPS) is 15.5. The maximum Gasteiger partial charge on any atom is 0.331 e. The number of rotatable bonds is 6. The van der Waals surface area contributed by atoms with Gasteiger partial charge in [0.15, 0.2) is 6.61 Å². The Morgan fingerprint density at radius 2 is 1.79 bits per heavy atom. The first kappa shape index (κ1) is 20.3. The second-order valence-corrected chi connectivity index (χ2v) is 6.97. The molecule has 0 N–H and O–H groups in total. The molecule has 2 aromatic carbocycles. The number of nitrogens with zero attached hydrogens (tertiary/aromatic N) is 2. The molecule has 0 spiro atoms. The monoisotopic (exact) mass is 392 g/mol. The van der Waals surface area contributed by atoms with Crippen molar-refractivity contribution in [2.75, 3.05) is 13.7 Å². The highest BCUT2D eigenvalue weighted by Crippen LogP contribution is 2.33. The van der Waals surface area contributed by atoms with E-state index in [1.54, 1.807) is 21.0 Å². The molecule has 29 heavy (non-hydrogen) atoms. The summed E-state index contributed by atoms with van der Waals surface area (Å²) >= 11 is 0. The highest BCUT2D eigenvalue weighted by Gasteiger charge is 2.33. The summed E-state index contributed by atoms with van der Waals surface area (Å²) in [6.07, 6.45) is 1.93. The SMILES string of the molecule is COc1ccc([C@@H]2CC(c3ccccc3)=NN2C(=O)COC(=O)C=C(C)C)cc1. The summed E-state index contributed by atoms with van der Waals surface area (Å²) in [5, 5.41) is 5.98. The van der Waals surface area contributed by atoms with Crippen molar-refractivity contribution >= 4 is 17.6 Å². The van der Waals surface area contributed by atoms with Gasteiger partial charge in [0.2, 0.25) is 0 Å². The van der Waals surface area contributed by atoms with Gasteiger partial charge in [0.05, 0.1) is 18.9 Å².